The maximum atomic E-state index is 11.5. The van der Waals surface area contributed by atoms with Gasteiger partial charge in [-0.3, -0.25) is 4.90 Å². The quantitative estimate of drug-likeness (QED) is 0.794. The van der Waals surface area contributed by atoms with Crippen LogP contribution in [0.1, 0.15) is 47.9 Å². The molecule has 1 saturated heterocycles. The Morgan fingerprint density at radius 3 is 3.13 bits per heavy atom. The van der Waals surface area contributed by atoms with Gasteiger partial charge in [0.2, 0.25) is 5.76 Å². The Bertz CT molecular complexity index is 662. The van der Waals surface area contributed by atoms with E-state index in [2.05, 4.69) is 32.3 Å². The fourth-order valence-electron chi connectivity index (χ4n) is 3.25. The molecule has 0 aliphatic carbocycles. The molecule has 6 heteroatoms. The monoisotopic (exact) mass is 317 g/mol. The van der Waals surface area contributed by atoms with Crippen LogP contribution in [0.25, 0.3) is 0 Å². The number of aryl methyl sites for hydroxylation is 1. The summed E-state index contributed by atoms with van der Waals surface area (Å²) in [6.45, 7) is 4.86. The lowest BCUT2D eigenvalue weighted by atomic mass is 10.1. The van der Waals surface area contributed by atoms with Crippen LogP contribution in [-0.2, 0) is 17.7 Å². The molecule has 0 aromatic carbocycles. The molecular formula is C17H23N3O3. The molecule has 0 amide bonds. The number of rotatable bonds is 5. The van der Waals surface area contributed by atoms with Gasteiger partial charge in [0.15, 0.2) is 0 Å². The Morgan fingerprint density at radius 2 is 2.35 bits per heavy atom. The van der Waals surface area contributed by atoms with Crippen LogP contribution in [0.5, 0.6) is 0 Å². The van der Waals surface area contributed by atoms with E-state index in [-0.39, 0.29) is 5.76 Å². The molecule has 0 saturated carbocycles. The summed E-state index contributed by atoms with van der Waals surface area (Å²) in [6, 6.07) is 3.98. The van der Waals surface area contributed by atoms with Crippen molar-refractivity contribution in [3.05, 3.63) is 41.9 Å². The number of imidazole rings is 1. The SMILES string of the molecule is CCc1nccn1[C@H]1CCCN(Cc2ccc(C(=O)OC)o2)C1. The third kappa shape index (κ3) is 3.47. The van der Waals surface area contributed by atoms with Crippen LogP contribution in [0.4, 0.5) is 0 Å². The average molecular weight is 317 g/mol. The van der Waals surface area contributed by atoms with Crippen molar-refractivity contribution >= 4 is 5.97 Å². The van der Waals surface area contributed by atoms with E-state index in [4.69, 9.17) is 4.42 Å². The van der Waals surface area contributed by atoms with Gasteiger partial charge in [-0.15, -0.1) is 0 Å². The molecule has 3 rings (SSSR count). The first-order valence-electron chi connectivity index (χ1n) is 8.12. The highest BCUT2D eigenvalue weighted by atomic mass is 16.5. The van der Waals surface area contributed by atoms with Crippen LogP contribution in [0.2, 0.25) is 0 Å². The number of piperidine rings is 1. The summed E-state index contributed by atoms with van der Waals surface area (Å²) in [7, 11) is 1.36. The van der Waals surface area contributed by atoms with E-state index >= 15 is 0 Å². The second-order valence-electron chi connectivity index (χ2n) is 5.89. The molecule has 2 aromatic heterocycles. The summed E-state index contributed by atoms with van der Waals surface area (Å²) in [6.07, 6.45) is 7.23. The molecule has 3 heterocycles. The van der Waals surface area contributed by atoms with Gasteiger partial charge in [-0.25, -0.2) is 9.78 Å². The minimum atomic E-state index is -0.432. The van der Waals surface area contributed by atoms with Gasteiger partial charge in [0.1, 0.15) is 11.6 Å². The Morgan fingerprint density at radius 1 is 1.48 bits per heavy atom. The van der Waals surface area contributed by atoms with Gasteiger partial charge in [0.25, 0.3) is 0 Å². The Labute approximate surface area is 136 Å². The van der Waals surface area contributed by atoms with Gasteiger partial charge in [0.05, 0.1) is 13.7 Å². The molecule has 1 aliphatic heterocycles. The molecular weight excluding hydrogens is 294 g/mol. The molecule has 2 aromatic rings. The maximum Gasteiger partial charge on any atom is 0.373 e. The number of likely N-dealkylation sites (tertiary alicyclic amines) is 1. The summed E-state index contributed by atoms with van der Waals surface area (Å²) in [5.74, 6) is 1.77. The summed E-state index contributed by atoms with van der Waals surface area (Å²) in [4.78, 5) is 18.3. The van der Waals surface area contributed by atoms with Gasteiger partial charge in [-0.1, -0.05) is 6.92 Å². The standard InChI is InChI=1S/C17H23N3O3/c1-3-16-18-8-10-20(16)13-5-4-9-19(11-13)12-14-6-7-15(23-14)17(21)22-2/h6-8,10,13H,3-5,9,11-12H2,1-2H3/t13-/m0/s1. The number of furan rings is 1. The number of methoxy groups -OCH3 is 1. The van der Waals surface area contributed by atoms with E-state index in [1.165, 1.54) is 13.5 Å². The van der Waals surface area contributed by atoms with E-state index in [0.29, 0.717) is 12.6 Å². The lowest BCUT2D eigenvalue weighted by Gasteiger charge is -2.33. The van der Waals surface area contributed by atoms with Crippen LogP contribution in [0.15, 0.2) is 28.9 Å². The Balaban J connectivity index is 1.65. The fourth-order valence-corrected chi connectivity index (χ4v) is 3.25. The minimum Gasteiger partial charge on any atom is -0.463 e. The first kappa shape index (κ1) is 15.8. The van der Waals surface area contributed by atoms with Gasteiger partial charge in [-0.2, -0.15) is 0 Å². The highest BCUT2D eigenvalue weighted by Gasteiger charge is 2.23. The van der Waals surface area contributed by atoms with E-state index < -0.39 is 5.97 Å². The number of carbonyl (C=O) groups excluding carboxylic acids is 1. The average Bonchev–Trinajstić information content (AvgIpc) is 3.23. The predicted octanol–water partition coefficient (Wildman–Crippen LogP) is 2.66. The molecule has 1 aliphatic rings. The second-order valence-corrected chi connectivity index (χ2v) is 5.89. The molecule has 1 fully saturated rings. The van der Waals surface area contributed by atoms with Crippen LogP contribution in [0.3, 0.4) is 0 Å². The molecule has 0 unspecified atom stereocenters. The van der Waals surface area contributed by atoms with Gasteiger partial charge >= 0.3 is 5.97 Å². The lowest BCUT2D eigenvalue weighted by Crippen LogP contribution is -2.36. The molecule has 0 spiro atoms. The van der Waals surface area contributed by atoms with E-state index in [0.717, 1.165) is 37.5 Å². The molecule has 6 nitrogen and oxygen atoms in total. The maximum absolute atomic E-state index is 11.5. The minimum absolute atomic E-state index is 0.263. The number of carbonyl (C=O) groups is 1. The summed E-state index contributed by atoms with van der Waals surface area (Å²) in [5, 5.41) is 0. The van der Waals surface area contributed by atoms with Crippen LogP contribution < -0.4 is 0 Å². The van der Waals surface area contributed by atoms with Gasteiger partial charge in [0, 0.05) is 31.4 Å². The number of hydrogen-bond acceptors (Lipinski definition) is 5. The smallest absolute Gasteiger partial charge is 0.373 e. The zero-order chi connectivity index (χ0) is 16.2. The highest BCUT2D eigenvalue weighted by molar-refractivity contribution is 5.86. The van der Waals surface area contributed by atoms with Crippen molar-refractivity contribution < 1.29 is 13.9 Å². The normalized spacial score (nSPS) is 19.0. The Hall–Kier alpha value is -2.08. The summed E-state index contributed by atoms with van der Waals surface area (Å²) < 4.78 is 12.5. The molecule has 23 heavy (non-hydrogen) atoms. The fraction of sp³-hybridized carbons (Fsp3) is 0.529. The van der Waals surface area contributed by atoms with Crippen LogP contribution in [0, 0.1) is 0 Å². The highest BCUT2D eigenvalue weighted by Crippen LogP contribution is 2.24. The number of hydrogen-bond donors (Lipinski definition) is 0. The third-order valence-electron chi connectivity index (χ3n) is 4.37. The van der Waals surface area contributed by atoms with E-state index in [9.17, 15) is 4.79 Å². The molecule has 0 bridgehead atoms. The first-order valence-corrected chi connectivity index (χ1v) is 8.12. The van der Waals surface area contributed by atoms with Crippen molar-refractivity contribution in [3.63, 3.8) is 0 Å². The first-order chi connectivity index (χ1) is 11.2. The van der Waals surface area contributed by atoms with Crippen molar-refractivity contribution in [3.8, 4) is 0 Å². The van der Waals surface area contributed by atoms with Crippen LogP contribution in [-0.4, -0.2) is 40.6 Å². The van der Waals surface area contributed by atoms with Crippen molar-refractivity contribution in [1.29, 1.82) is 0 Å². The lowest BCUT2D eigenvalue weighted by molar-refractivity contribution is 0.0560. The molecule has 0 radical (unpaired) electrons. The number of nitrogens with zero attached hydrogens (tertiary/aromatic N) is 3. The molecule has 1 atom stereocenters. The van der Waals surface area contributed by atoms with Crippen molar-refractivity contribution in [1.82, 2.24) is 14.5 Å². The topological polar surface area (TPSA) is 60.5 Å². The van der Waals surface area contributed by atoms with Gasteiger partial charge < -0.3 is 13.7 Å². The zero-order valence-electron chi connectivity index (χ0n) is 13.7. The van der Waals surface area contributed by atoms with E-state index in [1.54, 1.807) is 6.07 Å². The Kier molecular flexibility index (Phi) is 4.81. The largest absolute Gasteiger partial charge is 0.463 e. The summed E-state index contributed by atoms with van der Waals surface area (Å²) >= 11 is 0. The molecule has 0 N–H and O–H groups in total. The predicted molar refractivity (Wildman–Crippen MR) is 85.2 cm³/mol. The van der Waals surface area contributed by atoms with E-state index in [1.807, 2.05) is 12.3 Å². The summed E-state index contributed by atoms with van der Waals surface area (Å²) in [5.41, 5.74) is 0. The molecule has 124 valence electrons. The van der Waals surface area contributed by atoms with Crippen molar-refractivity contribution in [2.45, 2.75) is 38.8 Å². The van der Waals surface area contributed by atoms with Crippen molar-refractivity contribution in [2.75, 3.05) is 20.2 Å². The van der Waals surface area contributed by atoms with Crippen LogP contribution >= 0.6 is 0 Å². The number of aromatic nitrogens is 2. The zero-order valence-corrected chi connectivity index (χ0v) is 13.7. The third-order valence-corrected chi connectivity index (χ3v) is 4.37. The number of ether oxygens (including phenoxy) is 1. The second kappa shape index (κ2) is 7.00. The number of esters is 1. The van der Waals surface area contributed by atoms with Crippen molar-refractivity contribution in [2.24, 2.45) is 0 Å². The van der Waals surface area contributed by atoms with Gasteiger partial charge in [-0.05, 0) is 31.5 Å².